The number of hydrogen-bond donors (Lipinski definition) is 1. The predicted molar refractivity (Wildman–Crippen MR) is 116 cm³/mol. The number of halogens is 1. The molecule has 0 aliphatic rings. The van der Waals surface area contributed by atoms with Crippen LogP contribution in [0.15, 0.2) is 88.9 Å². The van der Waals surface area contributed by atoms with Crippen LogP contribution in [0.4, 0.5) is 10.1 Å². The first-order valence-corrected chi connectivity index (χ1v) is 10.6. The zero-order valence-corrected chi connectivity index (χ0v) is 17.4. The Kier molecular flexibility index (Phi) is 6.99. The summed E-state index contributed by atoms with van der Waals surface area (Å²) in [6.45, 7) is -0.659. The van der Waals surface area contributed by atoms with Crippen molar-refractivity contribution in [2.24, 2.45) is 5.10 Å². The summed E-state index contributed by atoms with van der Waals surface area (Å²) in [5.74, 6) is -0.883. The first-order valence-electron chi connectivity index (χ1n) is 9.20. The number of hydrazone groups is 1. The summed E-state index contributed by atoms with van der Waals surface area (Å²) in [5, 5.41) is 3.85. The van der Waals surface area contributed by atoms with Gasteiger partial charge in [0.25, 0.3) is 15.9 Å². The molecule has 3 rings (SSSR count). The fraction of sp³-hybridized carbons (Fsp3) is 0.0909. The largest absolute Gasteiger partial charge is 0.497 e. The second kappa shape index (κ2) is 9.86. The van der Waals surface area contributed by atoms with Gasteiger partial charge in [0.05, 0.1) is 23.9 Å². The molecule has 7 nitrogen and oxygen atoms in total. The minimum Gasteiger partial charge on any atom is -0.497 e. The Balaban J connectivity index is 1.82. The molecular formula is C22H20FN3O4S. The lowest BCUT2D eigenvalue weighted by Crippen LogP contribution is -2.40. The first kappa shape index (κ1) is 22.0. The molecule has 0 unspecified atom stereocenters. The SMILES string of the molecule is COc1cccc(/C=N\NC(=O)CN(c2ccccc2F)S(=O)(=O)c2ccccc2)c1. The molecule has 0 fully saturated rings. The maximum Gasteiger partial charge on any atom is 0.264 e. The minimum atomic E-state index is -4.19. The number of para-hydroxylation sites is 1. The van der Waals surface area contributed by atoms with E-state index in [4.69, 9.17) is 4.74 Å². The summed E-state index contributed by atoms with van der Waals surface area (Å²) in [6.07, 6.45) is 1.39. The van der Waals surface area contributed by atoms with Gasteiger partial charge in [0.2, 0.25) is 0 Å². The summed E-state index contributed by atoms with van der Waals surface area (Å²) in [6, 6.07) is 19.8. The van der Waals surface area contributed by atoms with E-state index in [2.05, 4.69) is 10.5 Å². The van der Waals surface area contributed by atoms with E-state index < -0.39 is 28.3 Å². The smallest absolute Gasteiger partial charge is 0.264 e. The van der Waals surface area contributed by atoms with E-state index in [-0.39, 0.29) is 10.6 Å². The monoisotopic (exact) mass is 441 g/mol. The van der Waals surface area contributed by atoms with Crippen LogP contribution in [0, 0.1) is 5.82 Å². The third-order valence-corrected chi connectivity index (χ3v) is 6.01. The molecule has 1 N–H and O–H groups in total. The lowest BCUT2D eigenvalue weighted by Gasteiger charge is -2.24. The Morgan fingerprint density at radius 3 is 2.48 bits per heavy atom. The topological polar surface area (TPSA) is 88.1 Å². The van der Waals surface area contributed by atoms with Crippen molar-refractivity contribution < 1.29 is 22.3 Å². The number of ether oxygens (including phenoxy) is 1. The van der Waals surface area contributed by atoms with Crippen LogP contribution in [0.1, 0.15) is 5.56 Å². The Morgan fingerprint density at radius 1 is 1.06 bits per heavy atom. The van der Waals surface area contributed by atoms with E-state index in [1.807, 2.05) is 0 Å². The summed E-state index contributed by atoms with van der Waals surface area (Å²) < 4.78 is 46.5. The molecule has 0 spiro atoms. The van der Waals surface area contributed by atoms with Gasteiger partial charge in [-0.15, -0.1) is 0 Å². The Bertz CT molecular complexity index is 1180. The highest BCUT2D eigenvalue weighted by Crippen LogP contribution is 2.25. The number of sulfonamides is 1. The van der Waals surface area contributed by atoms with Crippen LogP contribution in [0.5, 0.6) is 5.75 Å². The Labute approximate surface area is 179 Å². The van der Waals surface area contributed by atoms with Crippen LogP contribution in [0.3, 0.4) is 0 Å². The molecular weight excluding hydrogens is 421 g/mol. The molecule has 0 heterocycles. The van der Waals surface area contributed by atoms with Crippen molar-refractivity contribution in [3.05, 3.63) is 90.2 Å². The fourth-order valence-electron chi connectivity index (χ4n) is 2.74. The number of carbonyl (C=O) groups is 1. The van der Waals surface area contributed by atoms with Gasteiger partial charge in [0.1, 0.15) is 18.1 Å². The van der Waals surface area contributed by atoms with Gasteiger partial charge in [-0.2, -0.15) is 5.10 Å². The van der Waals surface area contributed by atoms with Crippen molar-refractivity contribution >= 4 is 27.8 Å². The minimum absolute atomic E-state index is 0.0639. The van der Waals surface area contributed by atoms with Crippen molar-refractivity contribution in [3.8, 4) is 5.75 Å². The summed E-state index contributed by atoms with van der Waals surface area (Å²) in [4.78, 5) is 12.4. The third kappa shape index (κ3) is 5.46. The standard InChI is InChI=1S/C22H20FN3O4S/c1-30-18-9-7-8-17(14-18)15-24-25-22(27)16-26(21-13-6-5-12-20(21)23)31(28,29)19-10-3-2-4-11-19/h2-15H,16H2,1H3,(H,25,27)/b24-15-. The Morgan fingerprint density at radius 2 is 1.77 bits per heavy atom. The van der Waals surface area contributed by atoms with Crippen LogP contribution in [-0.4, -0.2) is 34.2 Å². The van der Waals surface area contributed by atoms with Gasteiger partial charge in [-0.05, 0) is 42.0 Å². The number of nitrogens with one attached hydrogen (secondary N) is 1. The van der Waals surface area contributed by atoms with E-state index in [1.165, 1.54) is 43.7 Å². The predicted octanol–water partition coefficient (Wildman–Crippen LogP) is 3.18. The van der Waals surface area contributed by atoms with Gasteiger partial charge in [-0.25, -0.2) is 18.2 Å². The van der Waals surface area contributed by atoms with Crippen LogP contribution >= 0.6 is 0 Å². The van der Waals surface area contributed by atoms with E-state index in [0.717, 1.165) is 6.07 Å². The molecule has 0 aliphatic heterocycles. The van der Waals surface area contributed by atoms with Gasteiger partial charge in [0.15, 0.2) is 0 Å². The molecule has 0 aliphatic carbocycles. The number of nitrogens with zero attached hydrogens (tertiary/aromatic N) is 2. The summed E-state index contributed by atoms with van der Waals surface area (Å²) in [5.41, 5.74) is 2.70. The van der Waals surface area contributed by atoms with Crippen LogP contribution in [-0.2, 0) is 14.8 Å². The van der Waals surface area contributed by atoms with Crippen molar-refractivity contribution in [1.82, 2.24) is 5.43 Å². The second-order valence-corrected chi connectivity index (χ2v) is 8.21. The molecule has 0 atom stereocenters. The lowest BCUT2D eigenvalue weighted by atomic mass is 10.2. The number of carbonyl (C=O) groups excluding carboxylic acids is 1. The maximum absolute atomic E-state index is 14.4. The van der Waals surface area contributed by atoms with Crippen LogP contribution in [0.2, 0.25) is 0 Å². The number of methoxy groups -OCH3 is 1. The lowest BCUT2D eigenvalue weighted by molar-refractivity contribution is -0.119. The molecule has 1 amide bonds. The van der Waals surface area contributed by atoms with Crippen molar-refractivity contribution in [2.75, 3.05) is 18.0 Å². The highest BCUT2D eigenvalue weighted by atomic mass is 32.2. The average Bonchev–Trinajstić information content (AvgIpc) is 2.79. The molecule has 0 radical (unpaired) electrons. The maximum atomic E-state index is 14.4. The number of benzene rings is 3. The third-order valence-electron chi connectivity index (χ3n) is 4.24. The van der Waals surface area contributed by atoms with Crippen molar-refractivity contribution in [1.29, 1.82) is 0 Å². The number of amides is 1. The zero-order valence-electron chi connectivity index (χ0n) is 16.6. The van der Waals surface area contributed by atoms with Gasteiger partial charge < -0.3 is 4.74 Å². The van der Waals surface area contributed by atoms with E-state index in [9.17, 15) is 17.6 Å². The number of rotatable bonds is 8. The number of hydrogen-bond acceptors (Lipinski definition) is 5. The first-order chi connectivity index (χ1) is 14.9. The second-order valence-electron chi connectivity index (χ2n) is 6.35. The van der Waals surface area contributed by atoms with Crippen LogP contribution in [0.25, 0.3) is 0 Å². The van der Waals surface area contributed by atoms with E-state index in [1.54, 1.807) is 42.5 Å². The summed E-state index contributed by atoms with van der Waals surface area (Å²) >= 11 is 0. The van der Waals surface area contributed by atoms with Gasteiger partial charge in [-0.3, -0.25) is 9.10 Å². The zero-order chi connectivity index (χ0) is 22.3. The quantitative estimate of drug-likeness (QED) is 0.430. The molecule has 3 aromatic carbocycles. The van der Waals surface area contributed by atoms with Gasteiger partial charge >= 0.3 is 0 Å². The molecule has 31 heavy (non-hydrogen) atoms. The van der Waals surface area contributed by atoms with Crippen molar-refractivity contribution in [2.45, 2.75) is 4.90 Å². The Hall–Kier alpha value is -3.72. The van der Waals surface area contributed by atoms with E-state index in [0.29, 0.717) is 15.6 Å². The number of anilines is 1. The fourth-order valence-corrected chi connectivity index (χ4v) is 4.19. The molecule has 9 heteroatoms. The van der Waals surface area contributed by atoms with Gasteiger partial charge in [-0.1, -0.05) is 42.5 Å². The van der Waals surface area contributed by atoms with Crippen molar-refractivity contribution in [3.63, 3.8) is 0 Å². The highest BCUT2D eigenvalue weighted by Gasteiger charge is 2.28. The normalized spacial score (nSPS) is 11.3. The molecule has 0 aromatic heterocycles. The van der Waals surface area contributed by atoms with E-state index >= 15 is 0 Å². The highest BCUT2D eigenvalue weighted by molar-refractivity contribution is 7.92. The molecule has 3 aromatic rings. The average molecular weight is 441 g/mol. The molecule has 0 saturated carbocycles. The van der Waals surface area contributed by atoms with Crippen LogP contribution < -0.4 is 14.5 Å². The molecule has 0 saturated heterocycles. The summed E-state index contributed by atoms with van der Waals surface area (Å²) in [7, 11) is -2.66. The van der Waals surface area contributed by atoms with Gasteiger partial charge in [0, 0.05) is 0 Å². The molecule has 160 valence electrons. The molecule has 0 bridgehead atoms.